The van der Waals surface area contributed by atoms with Gasteiger partial charge >= 0.3 is 0 Å². The molecule has 8 nitrogen and oxygen atoms in total. The van der Waals surface area contributed by atoms with Crippen LogP contribution in [0.1, 0.15) is 5.56 Å². The van der Waals surface area contributed by atoms with E-state index in [2.05, 4.69) is 15.5 Å². The van der Waals surface area contributed by atoms with Crippen molar-refractivity contribution in [3.63, 3.8) is 0 Å². The van der Waals surface area contributed by atoms with Crippen LogP contribution in [0.4, 0.5) is 0 Å². The molecule has 24 heavy (non-hydrogen) atoms. The van der Waals surface area contributed by atoms with E-state index in [1.165, 1.54) is 9.87 Å². The molecule has 1 aromatic carbocycles. The summed E-state index contributed by atoms with van der Waals surface area (Å²) in [6.07, 6.45) is -1.19. The third-order valence-electron chi connectivity index (χ3n) is 4.37. The molecule has 2 atom stereocenters. The summed E-state index contributed by atoms with van der Waals surface area (Å²) in [6, 6.07) is 10.0. The molecule has 0 saturated carbocycles. The Kier molecular flexibility index (Phi) is 5.16. The minimum atomic E-state index is -3.73. The molecular formula is C15H22N4O4S. The number of sulfonamides is 1. The van der Waals surface area contributed by atoms with Crippen LogP contribution in [0.2, 0.25) is 0 Å². The summed E-state index contributed by atoms with van der Waals surface area (Å²) < 4.78 is 26.7. The molecule has 2 unspecified atom stereocenters. The molecule has 0 aliphatic carbocycles. The molecule has 3 N–H and O–H groups in total. The standard InChI is InChI=1S/C15H22N4O4S/c20-14-13(10-16-15(21)17-14)24(22,23)19-8-6-18(7-9-19)11-12-4-2-1-3-5-12/h1-5,13,15-16,21H,6-11H2,(H,17,20). The number of carbonyl (C=O) groups excluding carboxylic acids is 1. The molecule has 1 amide bonds. The minimum Gasteiger partial charge on any atom is -0.361 e. The fourth-order valence-corrected chi connectivity index (χ4v) is 4.67. The SMILES string of the molecule is O=C1NC(O)NCC1S(=O)(=O)N1CCN(Cc2ccccc2)CC1. The van der Waals surface area contributed by atoms with Gasteiger partial charge in [0, 0.05) is 39.3 Å². The van der Waals surface area contributed by atoms with Gasteiger partial charge in [-0.2, -0.15) is 4.31 Å². The number of aliphatic hydroxyl groups excluding tert-OH is 1. The quantitative estimate of drug-likeness (QED) is 0.608. The van der Waals surface area contributed by atoms with Crippen LogP contribution in [-0.2, 0) is 21.4 Å². The zero-order chi connectivity index (χ0) is 17.2. The van der Waals surface area contributed by atoms with Crippen molar-refractivity contribution >= 4 is 15.9 Å². The van der Waals surface area contributed by atoms with E-state index >= 15 is 0 Å². The van der Waals surface area contributed by atoms with Crippen LogP contribution in [0.5, 0.6) is 0 Å². The van der Waals surface area contributed by atoms with Gasteiger partial charge in [0.25, 0.3) is 0 Å². The number of amides is 1. The largest absolute Gasteiger partial charge is 0.361 e. The summed E-state index contributed by atoms with van der Waals surface area (Å²) in [5.41, 5.74) is 1.19. The van der Waals surface area contributed by atoms with Crippen molar-refractivity contribution in [2.45, 2.75) is 18.1 Å². The molecule has 0 radical (unpaired) electrons. The fourth-order valence-electron chi connectivity index (χ4n) is 2.99. The highest BCUT2D eigenvalue weighted by atomic mass is 32.2. The predicted octanol–water partition coefficient (Wildman–Crippen LogP) is -1.50. The third-order valence-corrected chi connectivity index (χ3v) is 6.55. The number of nitrogens with zero attached hydrogens (tertiary/aromatic N) is 2. The third kappa shape index (κ3) is 3.76. The highest BCUT2D eigenvalue weighted by Gasteiger charge is 2.41. The van der Waals surface area contributed by atoms with Gasteiger partial charge in [-0.15, -0.1) is 0 Å². The average molecular weight is 354 g/mol. The number of aliphatic hydroxyl groups is 1. The lowest BCUT2D eigenvalue weighted by Crippen LogP contribution is -2.63. The van der Waals surface area contributed by atoms with Gasteiger partial charge in [0.05, 0.1) is 0 Å². The van der Waals surface area contributed by atoms with Crippen molar-refractivity contribution in [3.8, 4) is 0 Å². The predicted molar refractivity (Wildman–Crippen MR) is 88.2 cm³/mol. The highest BCUT2D eigenvalue weighted by molar-refractivity contribution is 7.90. The van der Waals surface area contributed by atoms with Crippen molar-refractivity contribution in [1.82, 2.24) is 19.8 Å². The Balaban J connectivity index is 1.58. The summed E-state index contributed by atoms with van der Waals surface area (Å²) in [6.45, 7) is 2.67. The first-order valence-electron chi connectivity index (χ1n) is 7.94. The van der Waals surface area contributed by atoms with Crippen molar-refractivity contribution < 1.29 is 18.3 Å². The molecule has 2 heterocycles. The van der Waals surface area contributed by atoms with Crippen LogP contribution < -0.4 is 10.6 Å². The van der Waals surface area contributed by atoms with Gasteiger partial charge < -0.3 is 10.4 Å². The Bertz CT molecular complexity index is 674. The van der Waals surface area contributed by atoms with Gasteiger partial charge in [-0.05, 0) is 5.56 Å². The van der Waals surface area contributed by atoms with Gasteiger partial charge in [0.15, 0.2) is 11.6 Å². The molecule has 9 heteroatoms. The van der Waals surface area contributed by atoms with E-state index in [-0.39, 0.29) is 6.54 Å². The molecule has 3 rings (SSSR count). The molecule has 2 aliphatic heterocycles. The lowest BCUT2D eigenvalue weighted by Gasteiger charge is -2.37. The van der Waals surface area contributed by atoms with Crippen LogP contribution in [0.3, 0.4) is 0 Å². The van der Waals surface area contributed by atoms with Crippen LogP contribution >= 0.6 is 0 Å². The van der Waals surface area contributed by atoms with Gasteiger partial charge in [-0.3, -0.25) is 15.0 Å². The Morgan fingerprint density at radius 3 is 2.42 bits per heavy atom. The molecule has 0 bridgehead atoms. The van der Waals surface area contributed by atoms with Gasteiger partial charge in [-0.1, -0.05) is 30.3 Å². The molecule has 2 aliphatic rings. The molecule has 2 fully saturated rings. The molecule has 0 spiro atoms. The van der Waals surface area contributed by atoms with Gasteiger partial charge in [0.2, 0.25) is 15.9 Å². The lowest BCUT2D eigenvalue weighted by atomic mass is 10.2. The summed E-state index contributed by atoms with van der Waals surface area (Å²) in [7, 11) is -3.73. The maximum atomic E-state index is 12.6. The van der Waals surface area contributed by atoms with E-state index < -0.39 is 27.5 Å². The Hall–Kier alpha value is -1.52. The van der Waals surface area contributed by atoms with E-state index in [1.807, 2.05) is 30.3 Å². The molecule has 2 saturated heterocycles. The minimum absolute atomic E-state index is 0.0838. The number of rotatable bonds is 4. The molecule has 0 aromatic heterocycles. The first-order chi connectivity index (χ1) is 11.5. The molecular weight excluding hydrogens is 332 g/mol. The first-order valence-corrected chi connectivity index (χ1v) is 9.44. The molecule has 1 aromatic rings. The van der Waals surface area contributed by atoms with E-state index in [0.29, 0.717) is 26.2 Å². The zero-order valence-electron chi connectivity index (χ0n) is 13.3. The van der Waals surface area contributed by atoms with Crippen molar-refractivity contribution in [3.05, 3.63) is 35.9 Å². The second-order valence-corrected chi connectivity index (χ2v) is 8.13. The number of benzene rings is 1. The zero-order valence-corrected chi connectivity index (χ0v) is 14.1. The van der Waals surface area contributed by atoms with E-state index in [1.54, 1.807) is 0 Å². The van der Waals surface area contributed by atoms with E-state index in [4.69, 9.17) is 0 Å². The summed E-state index contributed by atoms with van der Waals surface area (Å²) in [5.74, 6) is -0.659. The summed E-state index contributed by atoms with van der Waals surface area (Å²) >= 11 is 0. The Morgan fingerprint density at radius 1 is 1.12 bits per heavy atom. The second kappa shape index (κ2) is 7.16. The van der Waals surface area contributed by atoms with Crippen LogP contribution in [-0.4, -0.2) is 73.0 Å². The number of hydrogen-bond acceptors (Lipinski definition) is 6. The van der Waals surface area contributed by atoms with Crippen LogP contribution in [0.15, 0.2) is 30.3 Å². The lowest BCUT2D eigenvalue weighted by molar-refractivity contribution is -0.126. The Labute approximate surface area is 141 Å². The van der Waals surface area contributed by atoms with Crippen molar-refractivity contribution in [2.24, 2.45) is 0 Å². The number of nitrogens with one attached hydrogen (secondary N) is 2. The van der Waals surface area contributed by atoms with E-state index in [0.717, 1.165) is 6.54 Å². The summed E-state index contributed by atoms with van der Waals surface area (Å²) in [4.78, 5) is 14.1. The normalized spacial score (nSPS) is 27.0. The maximum Gasteiger partial charge on any atom is 0.244 e. The maximum absolute atomic E-state index is 12.6. The smallest absolute Gasteiger partial charge is 0.244 e. The number of hydrogen-bond donors (Lipinski definition) is 3. The van der Waals surface area contributed by atoms with Gasteiger partial charge in [0.1, 0.15) is 0 Å². The molecule has 132 valence electrons. The first kappa shape index (κ1) is 17.3. The Morgan fingerprint density at radius 2 is 1.79 bits per heavy atom. The van der Waals surface area contributed by atoms with Gasteiger partial charge in [-0.25, -0.2) is 8.42 Å². The fraction of sp³-hybridized carbons (Fsp3) is 0.533. The van der Waals surface area contributed by atoms with Crippen molar-refractivity contribution in [1.29, 1.82) is 0 Å². The average Bonchev–Trinajstić information content (AvgIpc) is 2.56. The number of carbonyl (C=O) groups is 1. The summed E-state index contributed by atoms with van der Waals surface area (Å²) in [5, 5.41) is 12.9. The second-order valence-electron chi connectivity index (χ2n) is 6.01. The topological polar surface area (TPSA) is 102 Å². The highest BCUT2D eigenvalue weighted by Crippen LogP contribution is 2.16. The van der Waals surface area contributed by atoms with Crippen molar-refractivity contribution in [2.75, 3.05) is 32.7 Å². The number of piperazine rings is 1. The van der Waals surface area contributed by atoms with Crippen LogP contribution in [0, 0.1) is 0 Å². The monoisotopic (exact) mass is 354 g/mol. The van der Waals surface area contributed by atoms with E-state index in [9.17, 15) is 18.3 Å². The van der Waals surface area contributed by atoms with Crippen LogP contribution in [0.25, 0.3) is 0 Å².